The number of anilines is 2. The van der Waals surface area contributed by atoms with Crippen molar-refractivity contribution in [1.29, 1.82) is 5.26 Å². The number of hydrogen-bond donors (Lipinski definition) is 2. The fourth-order valence-corrected chi connectivity index (χ4v) is 2.49. The van der Waals surface area contributed by atoms with Crippen LogP contribution in [0.1, 0.15) is 47.4 Å². The molecule has 7 heteroatoms. The molecular weight excluding hydrogens is 382 g/mol. The second-order valence-electron chi connectivity index (χ2n) is 6.44. The average molecular weight is 405 g/mol. The van der Waals surface area contributed by atoms with Gasteiger partial charge < -0.3 is 15.4 Å². The van der Waals surface area contributed by atoms with Crippen LogP contribution in [0.3, 0.4) is 0 Å². The Kier molecular flexibility index (Phi) is 8.33. The van der Waals surface area contributed by atoms with Crippen LogP contribution in [-0.4, -0.2) is 24.3 Å². The van der Waals surface area contributed by atoms with Crippen LogP contribution in [0.15, 0.2) is 60.3 Å². The molecule has 0 bridgehead atoms. The maximum atomic E-state index is 12.4. The first-order valence-electron chi connectivity index (χ1n) is 9.51. The number of Topliss-reactive ketones (excluding diaryl/α,β-unsaturated/α-hetero) is 1. The molecule has 0 aliphatic rings. The topological polar surface area (TPSA) is 108 Å². The van der Waals surface area contributed by atoms with Gasteiger partial charge in [0.25, 0.3) is 5.91 Å². The van der Waals surface area contributed by atoms with E-state index in [9.17, 15) is 19.6 Å². The lowest BCUT2D eigenvalue weighted by Gasteiger charge is -2.10. The van der Waals surface area contributed by atoms with Crippen molar-refractivity contribution in [1.82, 2.24) is 0 Å². The number of hydrogen-bond acceptors (Lipinski definition) is 6. The predicted molar refractivity (Wildman–Crippen MR) is 114 cm³/mol. The van der Waals surface area contributed by atoms with E-state index in [0.29, 0.717) is 29.1 Å². The molecule has 0 aliphatic heterocycles. The van der Waals surface area contributed by atoms with Crippen molar-refractivity contribution in [3.63, 3.8) is 0 Å². The molecule has 30 heavy (non-hydrogen) atoms. The van der Waals surface area contributed by atoms with Gasteiger partial charge >= 0.3 is 5.97 Å². The van der Waals surface area contributed by atoms with E-state index < -0.39 is 11.9 Å². The van der Waals surface area contributed by atoms with Crippen molar-refractivity contribution >= 4 is 29.0 Å². The van der Waals surface area contributed by atoms with Gasteiger partial charge in [0, 0.05) is 17.5 Å². The maximum Gasteiger partial charge on any atom is 0.340 e. The Morgan fingerprint density at radius 1 is 1.13 bits per heavy atom. The minimum absolute atomic E-state index is 0.133. The van der Waals surface area contributed by atoms with Gasteiger partial charge in [-0.25, -0.2) is 4.79 Å². The second-order valence-corrected chi connectivity index (χ2v) is 6.44. The molecule has 154 valence electrons. The van der Waals surface area contributed by atoms with Crippen molar-refractivity contribution in [2.24, 2.45) is 0 Å². The van der Waals surface area contributed by atoms with Crippen LogP contribution in [0, 0.1) is 11.3 Å². The zero-order valence-corrected chi connectivity index (χ0v) is 16.9. The molecule has 0 saturated heterocycles. The van der Waals surface area contributed by atoms with Crippen molar-refractivity contribution in [2.45, 2.75) is 26.7 Å². The standard InChI is InChI=1S/C23H23N3O4/c1-3-4-12-30-23(29)20-10-5-6-11-21(20)25-15-18(14-24)22(28)26-19-9-7-8-17(13-19)16(2)27/h5-11,13,15,25H,3-4,12H2,1-2H3,(H,26,28)/b18-15-. The first-order valence-corrected chi connectivity index (χ1v) is 9.51. The Labute approximate surface area is 175 Å². The van der Waals surface area contributed by atoms with Crippen LogP contribution in [0.4, 0.5) is 11.4 Å². The second kappa shape index (κ2) is 11.2. The highest BCUT2D eigenvalue weighted by Crippen LogP contribution is 2.17. The number of amides is 1. The van der Waals surface area contributed by atoms with E-state index in [-0.39, 0.29) is 11.4 Å². The van der Waals surface area contributed by atoms with E-state index >= 15 is 0 Å². The number of nitriles is 1. The molecule has 0 atom stereocenters. The quantitative estimate of drug-likeness (QED) is 0.212. The van der Waals surface area contributed by atoms with Gasteiger partial charge in [-0.3, -0.25) is 9.59 Å². The summed E-state index contributed by atoms with van der Waals surface area (Å²) in [6, 6.07) is 14.9. The van der Waals surface area contributed by atoms with Gasteiger partial charge in [0.1, 0.15) is 11.6 Å². The highest BCUT2D eigenvalue weighted by molar-refractivity contribution is 6.07. The van der Waals surface area contributed by atoms with Crippen LogP contribution in [0.25, 0.3) is 0 Å². The van der Waals surface area contributed by atoms with Gasteiger partial charge in [-0.05, 0) is 37.6 Å². The van der Waals surface area contributed by atoms with Gasteiger partial charge in [0.2, 0.25) is 0 Å². The number of nitrogens with zero attached hydrogens (tertiary/aromatic N) is 1. The van der Waals surface area contributed by atoms with Crippen molar-refractivity contribution in [2.75, 3.05) is 17.2 Å². The SMILES string of the molecule is CCCCOC(=O)c1ccccc1N/C=C(/C#N)C(=O)Nc1cccc(C(C)=O)c1. The summed E-state index contributed by atoms with van der Waals surface area (Å²) in [5, 5.41) is 14.8. The fourth-order valence-electron chi connectivity index (χ4n) is 2.49. The predicted octanol–water partition coefficient (Wildman–Crippen LogP) is 4.30. The number of carbonyl (C=O) groups is 3. The molecule has 0 heterocycles. The summed E-state index contributed by atoms with van der Waals surface area (Å²) in [5.74, 6) is -1.26. The highest BCUT2D eigenvalue weighted by Gasteiger charge is 2.14. The summed E-state index contributed by atoms with van der Waals surface area (Å²) in [6.45, 7) is 3.75. The average Bonchev–Trinajstić information content (AvgIpc) is 2.74. The van der Waals surface area contributed by atoms with E-state index in [1.807, 2.05) is 13.0 Å². The first kappa shape index (κ1) is 22.4. The van der Waals surface area contributed by atoms with Crippen molar-refractivity contribution < 1.29 is 19.1 Å². The smallest absolute Gasteiger partial charge is 0.340 e. The lowest BCUT2D eigenvalue weighted by molar-refractivity contribution is -0.112. The number of benzene rings is 2. The Bertz CT molecular complexity index is 1010. The molecule has 2 rings (SSSR count). The summed E-state index contributed by atoms with van der Waals surface area (Å²) < 4.78 is 5.23. The van der Waals surface area contributed by atoms with Crippen LogP contribution >= 0.6 is 0 Å². The highest BCUT2D eigenvalue weighted by atomic mass is 16.5. The third kappa shape index (κ3) is 6.31. The van der Waals surface area contributed by atoms with Crippen molar-refractivity contribution in [3.8, 4) is 6.07 Å². The molecule has 1 amide bonds. The molecule has 2 aromatic carbocycles. The minimum Gasteiger partial charge on any atom is -0.462 e. The van der Waals surface area contributed by atoms with Crippen LogP contribution in [-0.2, 0) is 9.53 Å². The minimum atomic E-state index is -0.645. The van der Waals surface area contributed by atoms with Gasteiger partial charge in [-0.15, -0.1) is 0 Å². The van der Waals surface area contributed by atoms with E-state index in [1.165, 1.54) is 19.2 Å². The number of carbonyl (C=O) groups excluding carboxylic acids is 3. The molecule has 0 aliphatic carbocycles. The van der Waals surface area contributed by atoms with E-state index in [2.05, 4.69) is 10.6 Å². The summed E-state index contributed by atoms with van der Waals surface area (Å²) in [4.78, 5) is 36.2. The van der Waals surface area contributed by atoms with Gasteiger partial charge in [-0.2, -0.15) is 5.26 Å². The first-order chi connectivity index (χ1) is 14.5. The largest absolute Gasteiger partial charge is 0.462 e. The zero-order chi connectivity index (χ0) is 21.9. The summed E-state index contributed by atoms with van der Waals surface area (Å²) >= 11 is 0. The van der Waals surface area contributed by atoms with Crippen LogP contribution in [0.5, 0.6) is 0 Å². The lowest BCUT2D eigenvalue weighted by Crippen LogP contribution is -2.15. The number of ether oxygens (including phenoxy) is 1. The monoisotopic (exact) mass is 405 g/mol. The fraction of sp³-hybridized carbons (Fsp3) is 0.217. The van der Waals surface area contributed by atoms with E-state index in [4.69, 9.17) is 4.74 Å². The van der Waals surface area contributed by atoms with Gasteiger partial charge in [0.05, 0.1) is 17.9 Å². The van der Waals surface area contributed by atoms with Crippen molar-refractivity contribution in [3.05, 3.63) is 71.4 Å². The number of rotatable bonds is 9. The number of para-hydroxylation sites is 1. The summed E-state index contributed by atoms with van der Waals surface area (Å²) in [6.07, 6.45) is 2.90. The third-order valence-electron chi connectivity index (χ3n) is 4.14. The van der Waals surface area contributed by atoms with Gasteiger partial charge in [0.15, 0.2) is 5.78 Å². The molecule has 0 unspecified atom stereocenters. The van der Waals surface area contributed by atoms with Gasteiger partial charge in [-0.1, -0.05) is 37.6 Å². The lowest BCUT2D eigenvalue weighted by atomic mass is 10.1. The number of ketones is 1. The zero-order valence-electron chi connectivity index (χ0n) is 16.9. The van der Waals surface area contributed by atoms with Crippen LogP contribution < -0.4 is 10.6 Å². The molecule has 0 spiro atoms. The molecule has 2 aromatic rings. The van der Waals surface area contributed by atoms with Crippen LogP contribution in [0.2, 0.25) is 0 Å². The summed E-state index contributed by atoms with van der Waals surface area (Å²) in [5.41, 5.74) is 1.37. The Balaban J connectivity index is 2.13. The molecule has 0 aromatic heterocycles. The molecule has 2 N–H and O–H groups in total. The van der Waals surface area contributed by atoms with E-state index in [1.54, 1.807) is 42.5 Å². The molecule has 7 nitrogen and oxygen atoms in total. The Hall–Kier alpha value is -3.92. The van der Waals surface area contributed by atoms with E-state index in [0.717, 1.165) is 12.8 Å². The molecular formula is C23H23N3O4. The Morgan fingerprint density at radius 3 is 2.60 bits per heavy atom. The summed E-state index contributed by atoms with van der Waals surface area (Å²) in [7, 11) is 0. The normalized spacial score (nSPS) is 10.6. The number of unbranched alkanes of at least 4 members (excludes halogenated alkanes) is 1. The molecule has 0 radical (unpaired) electrons. The third-order valence-corrected chi connectivity index (χ3v) is 4.14. The Morgan fingerprint density at radius 2 is 1.90 bits per heavy atom. The molecule has 0 saturated carbocycles. The molecule has 0 fully saturated rings. The number of esters is 1. The number of nitrogens with one attached hydrogen (secondary N) is 2. The maximum absolute atomic E-state index is 12.4.